The number of aromatic nitrogens is 3. The minimum Gasteiger partial charge on any atom is -0.481 e. The van der Waals surface area contributed by atoms with Gasteiger partial charge in [-0.3, -0.25) is 4.79 Å². The number of carboxylic acids is 1. The summed E-state index contributed by atoms with van der Waals surface area (Å²) in [5, 5.41) is 20.3. The number of rotatable bonds is 5. The molecular formula is C14H17N3O2S2. The number of hydrogen-bond donors (Lipinski definition) is 1. The van der Waals surface area contributed by atoms with Crippen molar-refractivity contribution in [2.75, 3.05) is 5.75 Å². The summed E-state index contributed by atoms with van der Waals surface area (Å²) in [4.78, 5) is 12.2. The number of nitrogens with zero attached hydrogens (tertiary/aromatic N) is 3. The predicted octanol–water partition coefficient (Wildman–Crippen LogP) is 3.00. The van der Waals surface area contributed by atoms with Crippen molar-refractivity contribution < 1.29 is 9.90 Å². The van der Waals surface area contributed by atoms with E-state index in [2.05, 4.69) is 33.1 Å². The fourth-order valence-electron chi connectivity index (χ4n) is 2.84. The zero-order chi connectivity index (χ0) is 14.8. The average Bonchev–Trinajstić information content (AvgIpc) is 3.10. The van der Waals surface area contributed by atoms with Gasteiger partial charge < -0.3 is 9.67 Å². The molecule has 0 aromatic carbocycles. The number of thiophene rings is 1. The highest BCUT2D eigenvalue weighted by atomic mass is 32.2. The summed E-state index contributed by atoms with van der Waals surface area (Å²) in [6, 6.07) is 2.20. The van der Waals surface area contributed by atoms with E-state index >= 15 is 0 Å². The third-order valence-corrected chi connectivity index (χ3v) is 5.70. The number of carboxylic acid groups (broad SMARTS) is 1. The quantitative estimate of drug-likeness (QED) is 0.857. The Labute approximate surface area is 131 Å². The largest absolute Gasteiger partial charge is 0.481 e. The van der Waals surface area contributed by atoms with Gasteiger partial charge in [0.15, 0.2) is 5.16 Å². The topological polar surface area (TPSA) is 68.0 Å². The van der Waals surface area contributed by atoms with Crippen LogP contribution in [0.25, 0.3) is 0 Å². The fourth-order valence-corrected chi connectivity index (χ4v) is 4.56. The Morgan fingerprint density at radius 3 is 3.19 bits per heavy atom. The highest BCUT2D eigenvalue weighted by molar-refractivity contribution is 7.99. The summed E-state index contributed by atoms with van der Waals surface area (Å²) in [7, 11) is 0. The molecule has 0 bridgehead atoms. The maximum Gasteiger partial charge on any atom is 0.313 e. The van der Waals surface area contributed by atoms with Gasteiger partial charge in [-0.1, -0.05) is 11.8 Å². The minimum atomic E-state index is -0.829. The van der Waals surface area contributed by atoms with Crippen molar-refractivity contribution in [3.8, 4) is 0 Å². The number of hydrogen-bond acceptors (Lipinski definition) is 5. The second-order valence-electron chi connectivity index (χ2n) is 5.01. The van der Waals surface area contributed by atoms with Gasteiger partial charge in [-0.25, -0.2) is 0 Å². The summed E-state index contributed by atoms with van der Waals surface area (Å²) in [5.74, 6) is 0.466. The Kier molecular flexibility index (Phi) is 4.30. The van der Waals surface area contributed by atoms with Crippen LogP contribution in [-0.2, 0) is 17.8 Å². The Hall–Kier alpha value is -1.34. The summed E-state index contributed by atoms with van der Waals surface area (Å²) in [6.45, 7) is 2.81. The molecule has 0 aliphatic heterocycles. The molecule has 1 aliphatic rings. The van der Waals surface area contributed by atoms with E-state index < -0.39 is 5.97 Å². The Morgan fingerprint density at radius 1 is 1.57 bits per heavy atom. The first-order valence-corrected chi connectivity index (χ1v) is 8.91. The number of aryl methyl sites for hydroxylation is 1. The Balaban J connectivity index is 1.91. The third-order valence-electron chi connectivity index (χ3n) is 3.75. The van der Waals surface area contributed by atoms with Crippen LogP contribution in [0.3, 0.4) is 0 Å². The third kappa shape index (κ3) is 2.85. The number of carbonyl (C=O) groups is 1. The minimum absolute atomic E-state index is 0.0203. The van der Waals surface area contributed by atoms with Crippen molar-refractivity contribution in [1.29, 1.82) is 0 Å². The molecule has 2 aromatic heterocycles. The molecule has 2 heterocycles. The van der Waals surface area contributed by atoms with E-state index in [1.807, 2.05) is 11.3 Å². The Bertz CT molecular complexity index is 650. The number of aliphatic carboxylic acids is 1. The van der Waals surface area contributed by atoms with Crippen molar-refractivity contribution in [1.82, 2.24) is 14.8 Å². The van der Waals surface area contributed by atoms with E-state index in [9.17, 15) is 4.79 Å². The second-order valence-corrected chi connectivity index (χ2v) is 6.95. The van der Waals surface area contributed by atoms with Crippen molar-refractivity contribution in [3.05, 3.63) is 27.7 Å². The normalized spacial score (nSPS) is 17.7. The smallest absolute Gasteiger partial charge is 0.313 e. The average molecular weight is 323 g/mol. The lowest BCUT2D eigenvalue weighted by molar-refractivity contribution is -0.133. The monoisotopic (exact) mass is 323 g/mol. The van der Waals surface area contributed by atoms with Gasteiger partial charge in [0.2, 0.25) is 0 Å². The first-order valence-electron chi connectivity index (χ1n) is 7.04. The van der Waals surface area contributed by atoms with Gasteiger partial charge in [-0.05, 0) is 43.2 Å². The van der Waals surface area contributed by atoms with E-state index in [0.717, 1.165) is 25.2 Å². The molecule has 0 amide bonds. The predicted molar refractivity (Wildman–Crippen MR) is 83.2 cm³/mol. The molecule has 7 heteroatoms. The van der Waals surface area contributed by atoms with Gasteiger partial charge in [0, 0.05) is 17.3 Å². The molecule has 112 valence electrons. The van der Waals surface area contributed by atoms with E-state index in [1.54, 1.807) is 0 Å². The van der Waals surface area contributed by atoms with Crippen molar-refractivity contribution in [2.24, 2.45) is 0 Å². The van der Waals surface area contributed by atoms with Gasteiger partial charge in [-0.15, -0.1) is 21.5 Å². The van der Waals surface area contributed by atoms with Gasteiger partial charge in [-0.2, -0.15) is 0 Å². The fraction of sp³-hybridized carbons (Fsp3) is 0.500. The maximum atomic E-state index is 10.7. The van der Waals surface area contributed by atoms with Crippen LogP contribution in [0.4, 0.5) is 0 Å². The van der Waals surface area contributed by atoms with Crippen molar-refractivity contribution in [3.63, 3.8) is 0 Å². The molecule has 0 saturated heterocycles. The molecule has 2 aromatic rings. The van der Waals surface area contributed by atoms with Gasteiger partial charge >= 0.3 is 5.97 Å². The van der Waals surface area contributed by atoms with E-state index in [1.165, 1.54) is 28.6 Å². The molecule has 0 saturated carbocycles. The van der Waals surface area contributed by atoms with Crippen LogP contribution in [-0.4, -0.2) is 31.6 Å². The van der Waals surface area contributed by atoms with Crippen LogP contribution in [0.5, 0.6) is 0 Å². The maximum absolute atomic E-state index is 10.7. The lowest BCUT2D eigenvalue weighted by atomic mass is 9.87. The highest BCUT2D eigenvalue weighted by Crippen LogP contribution is 2.39. The summed E-state index contributed by atoms with van der Waals surface area (Å²) >= 11 is 3.06. The zero-order valence-corrected chi connectivity index (χ0v) is 13.4. The van der Waals surface area contributed by atoms with Crippen LogP contribution in [0.1, 0.15) is 41.9 Å². The summed E-state index contributed by atoms with van der Waals surface area (Å²) in [5.41, 5.74) is 1.38. The van der Waals surface area contributed by atoms with Gasteiger partial charge in [0.1, 0.15) is 5.82 Å². The molecule has 3 rings (SSSR count). The van der Waals surface area contributed by atoms with Crippen molar-refractivity contribution >= 4 is 29.1 Å². The summed E-state index contributed by atoms with van der Waals surface area (Å²) < 4.78 is 2.06. The molecule has 0 spiro atoms. The lowest BCUT2D eigenvalue weighted by Gasteiger charge is -2.22. The highest BCUT2D eigenvalue weighted by Gasteiger charge is 2.28. The second kappa shape index (κ2) is 6.19. The van der Waals surface area contributed by atoms with Gasteiger partial charge in [0.25, 0.3) is 0 Å². The standard InChI is InChI=1S/C14H17N3O2S2/c1-2-17-13(15-16-14(17)21-8-12(18)19)10-4-3-5-11-9(10)6-7-20-11/h6-7,10H,2-5,8H2,1H3,(H,18,19). The SMILES string of the molecule is CCn1c(SCC(=O)O)nnc1C1CCCc2sccc21. The van der Waals surface area contributed by atoms with E-state index in [-0.39, 0.29) is 5.75 Å². The number of fused-ring (bicyclic) bond motifs is 1. The first kappa shape index (κ1) is 14.6. The van der Waals surface area contributed by atoms with Crippen LogP contribution in [0.2, 0.25) is 0 Å². The van der Waals surface area contributed by atoms with E-state index in [0.29, 0.717) is 11.1 Å². The molecule has 0 fully saturated rings. The molecule has 0 radical (unpaired) electrons. The molecule has 1 atom stereocenters. The molecular weight excluding hydrogens is 306 g/mol. The van der Waals surface area contributed by atoms with Gasteiger partial charge in [0.05, 0.1) is 5.75 Å². The molecule has 1 unspecified atom stereocenters. The molecule has 5 nitrogen and oxygen atoms in total. The van der Waals surface area contributed by atoms with Crippen molar-refractivity contribution in [2.45, 2.75) is 43.8 Å². The lowest BCUT2D eigenvalue weighted by Crippen LogP contribution is -2.14. The van der Waals surface area contributed by atoms with Crippen LogP contribution in [0, 0.1) is 0 Å². The zero-order valence-electron chi connectivity index (χ0n) is 11.8. The number of thioether (sulfide) groups is 1. The van der Waals surface area contributed by atoms with Crippen LogP contribution < -0.4 is 0 Å². The Morgan fingerprint density at radius 2 is 2.43 bits per heavy atom. The molecule has 21 heavy (non-hydrogen) atoms. The van der Waals surface area contributed by atoms with Crippen LogP contribution in [0.15, 0.2) is 16.6 Å². The molecule has 1 aliphatic carbocycles. The molecule has 1 N–H and O–H groups in total. The summed E-state index contributed by atoms with van der Waals surface area (Å²) in [6.07, 6.45) is 3.42. The van der Waals surface area contributed by atoms with Crippen LogP contribution >= 0.6 is 23.1 Å². The first-order chi connectivity index (χ1) is 10.2. The van der Waals surface area contributed by atoms with E-state index in [4.69, 9.17) is 5.11 Å².